The lowest BCUT2D eigenvalue weighted by molar-refractivity contribution is 0.318. The summed E-state index contributed by atoms with van der Waals surface area (Å²) in [6, 6.07) is 5.15. The molecule has 0 radical (unpaired) electrons. The maximum atomic E-state index is 12.4. The van der Waals surface area contributed by atoms with Crippen molar-refractivity contribution in [2.75, 3.05) is 5.75 Å². The smallest absolute Gasteiger partial charge is 0.0760 e. The van der Waals surface area contributed by atoms with Crippen molar-refractivity contribution < 1.29 is 4.21 Å². The third kappa shape index (κ3) is 3.94. The summed E-state index contributed by atoms with van der Waals surface area (Å²) in [6.45, 7) is 0. The van der Waals surface area contributed by atoms with Crippen LogP contribution in [-0.2, 0) is 10.8 Å². The fraction of sp³-hybridized carbons (Fsp3) is 0.571. The van der Waals surface area contributed by atoms with Gasteiger partial charge in [0.1, 0.15) is 0 Å². The van der Waals surface area contributed by atoms with Gasteiger partial charge in [-0.05, 0) is 30.9 Å². The Morgan fingerprint density at radius 3 is 2.37 bits per heavy atom. The van der Waals surface area contributed by atoms with E-state index < -0.39 is 10.8 Å². The summed E-state index contributed by atoms with van der Waals surface area (Å²) in [4.78, 5) is 0.525. The molecule has 2 N–H and O–H groups in total. The van der Waals surface area contributed by atoms with E-state index in [1.807, 2.05) is 0 Å². The predicted molar refractivity (Wildman–Crippen MR) is 82.3 cm³/mol. The van der Waals surface area contributed by atoms with Gasteiger partial charge in [0.2, 0.25) is 0 Å². The van der Waals surface area contributed by atoms with Crippen molar-refractivity contribution in [3.05, 3.63) is 28.2 Å². The Labute approximate surface area is 127 Å². The van der Waals surface area contributed by atoms with Crippen LogP contribution in [0.25, 0.3) is 0 Å². The van der Waals surface area contributed by atoms with Gasteiger partial charge < -0.3 is 5.73 Å². The van der Waals surface area contributed by atoms with Gasteiger partial charge in [0.05, 0.1) is 25.7 Å². The molecule has 0 amide bonds. The second-order valence-corrected chi connectivity index (χ2v) is 7.37. The highest BCUT2D eigenvalue weighted by atomic mass is 35.5. The molecule has 0 aliphatic heterocycles. The van der Waals surface area contributed by atoms with Gasteiger partial charge in [0, 0.05) is 11.8 Å². The van der Waals surface area contributed by atoms with Crippen LogP contribution in [0.3, 0.4) is 0 Å². The fourth-order valence-corrected chi connectivity index (χ4v) is 4.93. The highest BCUT2D eigenvalue weighted by molar-refractivity contribution is 7.85. The summed E-state index contributed by atoms with van der Waals surface area (Å²) in [7, 11) is -1.23. The molecule has 1 fully saturated rings. The Balaban J connectivity index is 2.04. The Kier molecular flexibility index (Phi) is 5.70. The first-order chi connectivity index (χ1) is 9.09. The van der Waals surface area contributed by atoms with E-state index in [1.165, 1.54) is 19.3 Å². The largest absolute Gasteiger partial charge is 0.327 e. The summed E-state index contributed by atoms with van der Waals surface area (Å²) in [5.41, 5.74) is 6.21. The van der Waals surface area contributed by atoms with Crippen LogP contribution in [0.15, 0.2) is 23.1 Å². The van der Waals surface area contributed by atoms with Gasteiger partial charge in [-0.1, -0.05) is 48.5 Å². The molecular weight excluding hydrogens is 301 g/mol. The first kappa shape index (κ1) is 15.3. The van der Waals surface area contributed by atoms with E-state index in [4.69, 9.17) is 28.9 Å². The topological polar surface area (TPSA) is 43.1 Å². The van der Waals surface area contributed by atoms with Crippen molar-refractivity contribution in [2.45, 2.75) is 43.0 Å². The van der Waals surface area contributed by atoms with Crippen LogP contribution in [0, 0.1) is 5.92 Å². The third-order valence-corrected chi connectivity index (χ3v) is 6.18. The summed E-state index contributed by atoms with van der Waals surface area (Å²) in [5, 5.41) is 0.920. The van der Waals surface area contributed by atoms with Crippen molar-refractivity contribution in [1.82, 2.24) is 0 Å². The molecule has 106 valence electrons. The minimum atomic E-state index is -1.23. The summed E-state index contributed by atoms with van der Waals surface area (Å²) in [5.74, 6) is 0.924. The highest BCUT2D eigenvalue weighted by Gasteiger charge is 2.24. The van der Waals surface area contributed by atoms with E-state index in [9.17, 15) is 4.21 Å². The van der Waals surface area contributed by atoms with Crippen LogP contribution in [0.4, 0.5) is 0 Å². The van der Waals surface area contributed by atoms with E-state index in [1.54, 1.807) is 18.2 Å². The van der Waals surface area contributed by atoms with Crippen molar-refractivity contribution in [2.24, 2.45) is 11.7 Å². The quantitative estimate of drug-likeness (QED) is 0.911. The predicted octanol–water partition coefficient (Wildman–Crippen LogP) is 4.01. The molecule has 1 aromatic rings. The van der Waals surface area contributed by atoms with Crippen LogP contribution in [0.1, 0.15) is 32.1 Å². The van der Waals surface area contributed by atoms with Crippen LogP contribution in [-0.4, -0.2) is 16.0 Å². The molecule has 5 heteroatoms. The molecule has 0 heterocycles. The first-order valence-corrected chi connectivity index (χ1v) is 8.75. The normalized spacial score (nSPS) is 20.2. The summed E-state index contributed by atoms with van der Waals surface area (Å²) < 4.78 is 12.4. The van der Waals surface area contributed by atoms with Gasteiger partial charge in [-0.15, -0.1) is 0 Å². The van der Waals surface area contributed by atoms with Crippen molar-refractivity contribution in [1.29, 1.82) is 0 Å². The van der Waals surface area contributed by atoms with Crippen LogP contribution in [0.2, 0.25) is 10.0 Å². The number of rotatable bonds is 4. The molecule has 0 saturated heterocycles. The van der Waals surface area contributed by atoms with E-state index >= 15 is 0 Å². The molecule has 1 saturated carbocycles. The van der Waals surface area contributed by atoms with Gasteiger partial charge in [-0.25, -0.2) is 0 Å². The number of nitrogens with two attached hydrogens (primary N) is 1. The molecule has 1 aliphatic carbocycles. The molecule has 2 atom stereocenters. The van der Waals surface area contributed by atoms with Crippen molar-refractivity contribution in [3.63, 3.8) is 0 Å². The lowest BCUT2D eigenvalue weighted by Crippen LogP contribution is -2.36. The average Bonchev–Trinajstić information content (AvgIpc) is 2.39. The molecule has 0 aromatic heterocycles. The Morgan fingerprint density at radius 2 is 1.79 bits per heavy atom. The minimum absolute atomic E-state index is 0.0338. The second kappa shape index (κ2) is 7.07. The lowest BCUT2D eigenvalue weighted by atomic mass is 9.85. The zero-order valence-corrected chi connectivity index (χ0v) is 13.1. The summed E-state index contributed by atoms with van der Waals surface area (Å²) in [6.07, 6.45) is 6.06. The number of benzene rings is 1. The molecular formula is C14H19Cl2NOS. The van der Waals surface area contributed by atoms with Gasteiger partial charge in [-0.2, -0.15) is 0 Å². The second-order valence-electron chi connectivity index (χ2n) is 5.12. The summed E-state index contributed by atoms with van der Waals surface area (Å²) >= 11 is 12.2. The number of hydrogen-bond donors (Lipinski definition) is 1. The zero-order chi connectivity index (χ0) is 13.8. The van der Waals surface area contributed by atoms with E-state index in [0.717, 1.165) is 12.8 Å². The SMILES string of the molecule is NC(CS(=O)c1c(Cl)cccc1Cl)C1CCCCC1. The van der Waals surface area contributed by atoms with Crippen molar-refractivity contribution in [3.8, 4) is 0 Å². The lowest BCUT2D eigenvalue weighted by Gasteiger charge is -2.27. The maximum absolute atomic E-state index is 12.4. The molecule has 2 nitrogen and oxygen atoms in total. The maximum Gasteiger partial charge on any atom is 0.0760 e. The number of halogens is 2. The van der Waals surface area contributed by atoms with Crippen molar-refractivity contribution >= 4 is 34.0 Å². The van der Waals surface area contributed by atoms with Crippen LogP contribution < -0.4 is 5.73 Å². The van der Waals surface area contributed by atoms with Gasteiger partial charge in [0.15, 0.2) is 0 Å². The molecule has 1 aliphatic rings. The Hall–Kier alpha value is -0.0900. The van der Waals surface area contributed by atoms with Gasteiger partial charge >= 0.3 is 0 Å². The van der Waals surface area contributed by atoms with Gasteiger partial charge in [0.25, 0.3) is 0 Å². The molecule has 0 spiro atoms. The minimum Gasteiger partial charge on any atom is -0.327 e. The standard InChI is InChI=1S/C14H19Cl2NOS/c15-11-7-4-8-12(16)14(11)19(18)9-13(17)10-5-2-1-3-6-10/h4,7-8,10,13H,1-3,5-6,9,17H2. The fourth-order valence-electron chi connectivity index (χ4n) is 2.66. The average molecular weight is 320 g/mol. The third-order valence-electron chi connectivity index (χ3n) is 3.75. The molecule has 2 rings (SSSR count). The van der Waals surface area contributed by atoms with E-state index in [0.29, 0.717) is 26.6 Å². The highest BCUT2D eigenvalue weighted by Crippen LogP contribution is 2.30. The van der Waals surface area contributed by atoms with Crippen LogP contribution >= 0.6 is 23.2 Å². The monoisotopic (exact) mass is 319 g/mol. The molecule has 19 heavy (non-hydrogen) atoms. The Morgan fingerprint density at radius 1 is 1.21 bits per heavy atom. The van der Waals surface area contributed by atoms with E-state index in [2.05, 4.69) is 0 Å². The molecule has 1 aromatic carbocycles. The van der Waals surface area contributed by atoms with Gasteiger partial charge in [-0.3, -0.25) is 4.21 Å². The zero-order valence-electron chi connectivity index (χ0n) is 10.8. The number of hydrogen-bond acceptors (Lipinski definition) is 2. The Bertz CT molecular complexity index is 441. The molecule has 0 bridgehead atoms. The molecule has 2 unspecified atom stereocenters. The first-order valence-electron chi connectivity index (χ1n) is 6.67. The van der Waals surface area contributed by atoms with E-state index in [-0.39, 0.29) is 6.04 Å². The van der Waals surface area contributed by atoms with Crippen LogP contribution in [0.5, 0.6) is 0 Å².